The number of halogens is 1. The first-order valence-electron chi connectivity index (χ1n) is 7.59. The summed E-state index contributed by atoms with van der Waals surface area (Å²) < 4.78 is 18.7. The van der Waals surface area contributed by atoms with Gasteiger partial charge in [0.2, 0.25) is 0 Å². The fourth-order valence-corrected chi connectivity index (χ4v) is 3.35. The van der Waals surface area contributed by atoms with Crippen LogP contribution in [-0.2, 0) is 11.2 Å². The molecule has 4 rings (SSSR count). The summed E-state index contributed by atoms with van der Waals surface area (Å²) in [5.74, 6) is 0.734. The van der Waals surface area contributed by atoms with E-state index in [1.807, 2.05) is 6.07 Å². The Bertz CT molecular complexity index is 634. The number of amides is 2. The molecule has 2 unspecified atom stereocenters. The highest BCUT2D eigenvalue weighted by Gasteiger charge is 2.43. The van der Waals surface area contributed by atoms with Crippen LogP contribution in [0.25, 0.3) is 0 Å². The van der Waals surface area contributed by atoms with Crippen molar-refractivity contribution >= 4 is 6.03 Å². The summed E-state index contributed by atoms with van der Waals surface area (Å²) in [6.45, 7) is 1.92. The van der Waals surface area contributed by atoms with Crippen molar-refractivity contribution in [2.75, 3.05) is 19.9 Å². The standard InChI is InChI=1S/C16H18FN3O2/c17-12-3-1-2-11(6-12)4-5-13-7-15-19(16(21)18-13)8-14-9-22-10-20(14)15/h1-3,6-7,13-14H,4-5,8-10H2,(H,18,21). The summed E-state index contributed by atoms with van der Waals surface area (Å²) in [6.07, 6.45) is 3.58. The molecule has 0 radical (unpaired) electrons. The number of hydrogen-bond acceptors (Lipinski definition) is 3. The van der Waals surface area contributed by atoms with Gasteiger partial charge in [-0.2, -0.15) is 0 Å². The van der Waals surface area contributed by atoms with E-state index in [2.05, 4.69) is 16.3 Å². The number of benzene rings is 1. The van der Waals surface area contributed by atoms with Gasteiger partial charge in [-0.25, -0.2) is 9.18 Å². The molecule has 0 aliphatic carbocycles. The second kappa shape index (κ2) is 5.28. The zero-order valence-corrected chi connectivity index (χ0v) is 12.2. The van der Waals surface area contributed by atoms with Crippen molar-refractivity contribution in [2.24, 2.45) is 0 Å². The van der Waals surface area contributed by atoms with E-state index in [1.165, 1.54) is 6.07 Å². The van der Waals surface area contributed by atoms with Crippen molar-refractivity contribution in [3.05, 3.63) is 47.5 Å². The second-order valence-electron chi connectivity index (χ2n) is 5.98. The number of aryl methyl sites for hydroxylation is 1. The highest BCUT2D eigenvalue weighted by atomic mass is 19.1. The van der Waals surface area contributed by atoms with Crippen LogP contribution in [0.3, 0.4) is 0 Å². The number of urea groups is 1. The van der Waals surface area contributed by atoms with Crippen molar-refractivity contribution in [3.8, 4) is 0 Å². The molecule has 1 aromatic rings. The van der Waals surface area contributed by atoms with Crippen LogP contribution in [0.15, 0.2) is 36.2 Å². The van der Waals surface area contributed by atoms with E-state index in [4.69, 9.17) is 4.74 Å². The highest BCUT2D eigenvalue weighted by molar-refractivity contribution is 5.78. The quantitative estimate of drug-likeness (QED) is 0.924. The predicted octanol–water partition coefficient (Wildman–Crippen LogP) is 1.67. The zero-order chi connectivity index (χ0) is 15.1. The second-order valence-corrected chi connectivity index (χ2v) is 5.98. The van der Waals surface area contributed by atoms with Crippen LogP contribution in [-0.4, -0.2) is 47.8 Å². The van der Waals surface area contributed by atoms with Gasteiger partial charge in [0, 0.05) is 0 Å². The molecule has 3 heterocycles. The van der Waals surface area contributed by atoms with E-state index in [-0.39, 0.29) is 23.9 Å². The molecule has 1 aromatic carbocycles. The summed E-state index contributed by atoms with van der Waals surface area (Å²) >= 11 is 0. The average Bonchev–Trinajstić information content (AvgIpc) is 3.07. The van der Waals surface area contributed by atoms with Crippen LogP contribution in [0.4, 0.5) is 9.18 Å². The molecule has 3 aliphatic heterocycles. The molecule has 2 amide bonds. The molecule has 0 spiro atoms. The minimum atomic E-state index is -0.220. The van der Waals surface area contributed by atoms with Gasteiger partial charge in [-0.1, -0.05) is 12.1 Å². The SMILES string of the molecule is O=C1NC(CCc2cccc(F)c2)C=C2N1CC1COCN21. The third-order valence-corrected chi connectivity index (χ3v) is 4.48. The lowest BCUT2D eigenvalue weighted by molar-refractivity contribution is 0.139. The molecule has 1 N–H and O–H groups in total. The van der Waals surface area contributed by atoms with Crippen LogP contribution in [0.2, 0.25) is 0 Å². The molecule has 0 saturated carbocycles. The Morgan fingerprint density at radius 2 is 2.32 bits per heavy atom. The number of carbonyl (C=O) groups excluding carboxylic acids is 1. The summed E-state index contributed by atoms with van der Waals surface area (Å²) in [5, 5.41) is 3.01. The first-order valence-corrected chi connectivity index (χ1v) is 7.59. The third kappa shape index (κ3) is 2.33. The van der Waals surface area contributed by atoms with Crippen molar-refractivity contribution in [2.45, 2.75) is 24.9 Å². The number of hydrogen-bond donors (Lipinski definition) is 1. The maximum absolute atomic E-state index is 13.2. The molecule has 116 valence electrons. The van der Waals surface area contributed by atoms with Gasteiger partial charge in [0.15, 0.2) is 0 Å². The van der Waals surface area contributed by atoms with Gasteiger partial charge < -0.3 is 15.0 Å². The van der Waals surface area contributed by atoms with Crippen LogP contribution < -0.4 is 5.32 Å². The van der Waals surface area contributed by atoms with Gasteiger partial charge >= 0.3 is 6.03 Å². The van der Waals surface area contributed by atoms with Gasteiger partial charge in [0.25, 0.3) is 0 Å². The van der Waals surface area contributed by atoms with Gasteiger partial charge in [0.05, 0.1) is 25.2 Å². The molecule has 0 aromatic heterocycles. The van der Waals surface area contributed by atoms with Gasteiger partial charge in [-0.05, 0) is 36.6 Å². The van der Waals surface area contributed by atoms with Crippen LogP contribution in [0.5, 0.6) is 0 Å². The minimum Gasteiger partial charge on any atom is -0.359 e. The Labute approximate surface area is 128 Å². The van der Waals surface area contributed by atoms with Crippen molar-refractivity contribution in [1.82, 2.24) is 15.1 Å². The molecule has 0 bridgehead atoms. The lowest BCUT2D eigenvalue weighted by Crippen LogP contribution is -2.48. The molecule has 3 aliphatic rings. The highest BCUT2D eigenvalue weighted by Crippen LogP contribution is 2.30. The smallest absolute Gasteiger partial charge is 0.323 e. The van der Waals surface area contributed by atoms with E-state index in [0.717, 1.165) is 24.2 Å². The number of carbonyl (C=O) groups is 1. The lowest BCUT2D eigenvalue weighted by atomic mass is 10.0. The monoisotopic (exact) mass is 303 g/mol. The number of nitrogens with zero attached hydrogens (tertiary/aromatic N) is 2. The van der Waals surface area contributed by atoms with Crippen molar-refractivity contribution < 1.29 is 13.9 Å². The minimum absolute atomic E-state index is 0.0265. The average molecular weight is 303 g/mol. The fraction of sp³-hybridized carbons (Fsp3) is 0.438. The number of fused-ring (bicyclic) bond motifs is 3. The molecular formula is C16H18FN3O2. The van der Waals surface area contributed by atoms with Gasteiger partial charge in [0.1, 0.15) is 18.4 Å². The topological polar surface area (TPSA) is 44.8 Å². The first kappa shape index (κ1) is 13.6. The van der Waals surface area contributed by atoms with E-state index in [0.29, 0.717) is 19.9 Å². The molecule has 2 fully saturated rings. The summed E-state index contributed by atoms with van der Waals surface area (Å²) in [5.41, 5.74) is 0.948. The Kier molecular flexibility index (Phi) is 3.26. The van der Waals surface area contributed by atoms with E-state index in [1.54, 1.807) is 17.0 Å². The molecule has 22 heavy (non-hydrogen) atoms. The summed E-state index contributed by atoms with van der Waals surface area (Å²) in [7, 11) is 0. The molecule has 5 nitrogen and oxygen atoms in total. The lowest BCUT2D eigenvalue weighted by Gasteiger charge is -2.30. The molecule has 6 heteroatoms. The fourth-order valence-electron chi connectivity index (χ4n) is 3.35. The Morgan fingerprint density at radius 1 is 1.41 bits per heavy atom. The number of nitrogens with one attached hydrogen (secondary N) is 1. The third-order valence-electron chi connectivity index (χ3n) is 4.48. The first-order chi connectivity index (χ1) is 10.7. The molecule has 2 saturated heterocycles. The maximum atomic E-state index is 13.2. The number of rotatable bonds is 3. The zero-order valence-electron chi connectivity index (χ0n) is 12.2. The number of ether oxygens (including phenoxy) is 1. The molecule has 2 atom stereocenters. The van der Waals surface area contributed by atoms with Crippen LogP contribution >= 0.6 is 0 Å². The van der Waals surface area contributed by atoms with Crippen molar-refractivity contribution in [1.29, 1.82) is 0 Å². The Morgan fingerprint density at radius 3 is 3.18 bits per heavy atom. The van der Waals surface area contributed by atoms with Gasteiger partial charge in [-0.15, -0.1) is 0 Å². The van der Waals surface area contributed by atoms with Gasteiger partial charge in [-0.3, -0.25) is 4.90 Å². The van der Waals surface area contributed by atoms with E-state index >= 15 is 0 Å². The van der Waals surface area contributed by atoms with Crippen LogP contribution in [0, 0.1) is 5.82 Å². The predicted molar refractivity (Wildman–Crippen MR) is 78.3 cm³/mol. The normalized spacial score (nSPS) is 26.6. The summed E-state index contributed by atoms with van der Waals surface area (Å²) in [6, 6.07) is 6.82. The largest absolute Gasteiger partial charge is 0.359 e. The van der Waals surface area contributed by atoms with Crippen LogP contribution in [0.1, 0.15) is 12.0 Å². The Hall–Kier alpha value is -2.08. The maximum Gasteiger partial charge on any atom is 0.323 e. The Balaban J connectivity index is 1.47. The summed E-state index contributed by atoms with van der Waals surface area (Å²) in [4.78, 5) is 16.2. The molecular weight excluding hydrogens is 285 g/mol. The van der Waals surface area contributed by atoms with E-state index in [9.17, 15) is 9.18 Å². The van der Waals surface area contributed by atoms with E-state index < -0.39 is 0 Å². The van der Waals surface area contributed by atoms with Crippen molar-refractivity contribution in [3.63, 3.8) is 0 Å².